The van der Waals surface area contributed by atoms with Gasteiger partial charge in [-0.2, -0.15) is 5.10 Å². The molecule has 4 N–H and O–H groups in total. The minimum Gasteiger partial charge on any atom is -0.481 e. The van der Waals surface area contributed by atoms with Gasteiger partial charge in [-0.15, -0.1) is 0 Å². The third-order valence-corrected chi connectivity index (χ3v) is 6.58. The number of pyridine rings is 1. The van der Waals surface area contributed by atoms with Crippen LogP contribution < -0.4 is 15.8 Å². The summed E-state index contributed by atoms with van der Waals surface area (Å²) < 4.78 is 6.96. The van der Waals surface area contributed by atoms with Gasteiger partial charge in [0.25, 0.3) is 11.8 Å². The first-order valence-corrected chi connectivity index (χ1v) is 11.7. The Morgan fingerprint density at radius 1 is 1.31 bits per heavy atom. The molecule has 1 fully saturated rings. The average Bonchev–Trinajstić information content (AvgIpc) is 3.28. The van der Waals surface area contributed by atoms with Crippen LogP contribution in [-0.4, -0.2) is 68.3 Å². The first-order chi connectivity index (χ1) is 16.6. The van der Waals surface area contributed by atoms with Crippen molar-refractivity contribution in [2.75, 3.05) is 25.5 Å². The zero-order valence-corrected chi connectivity index (χ0v) is 20.5. The highest BCUT2D eigenvalue weighted by molar-refractivity contribution is 6.02. The number of hydrogen-bond acceptors (Lipinski definition) is 7. The van der Waals surface area contributed by atoms with Gasteiger partial charge in [-0.3, -0.25) is 9.59 Å². The summed E-state index contributed by atoms with van der Waals surface area (Å²) in [5, 5.41) is 18.1. The van der Waals surface area contributed by atoms with Crippen LogP contribution in [0.15, 0.2) is 36.8 Å². The Morgan fingerprint density at radius 2 is 2.09 bits per heavy atom. The number of aliphatic hydroxyl groups is 1. The van der Waals surface area contributed by atoms with Crippen molar-refractivity contribution in [2.45, 2.75) is 45.3 Å². The van der Waals surface area contributed by atoms with Crippen LogP contribution >= 0.6 is 0 Å². The number of amides is 2. The van der Waals surface area contributed by atoms with Gasteiger partial charge in [-0.25, -0.2) is 9.50 Å². The third kappa shape index (κ3) is 4.93. The van der Waals surface area contributed by atoms with Crippen molar-refractivity contribution in [3.63, 3.8) is 0 Å². The highest BCUT2D eigenvalue weighted by Gasteiger charge is 2.36. The van der Waals surface area contributed by atoms with Crippen LogP contribution in [0.4, 0.5) is 5.69 Å². The van der Waals surface area contributed by atoms with Crippen molar-refractivity contribution in [1.82, 2.24) is 19.5 Å². The normalized spacial score (nSPS) is 18.5. The number of ether oxygens (including phenoxy) is 1. The number of aromatic nitrogens is 3. The van der Waals surface area contributed by atoms with Crippen LogP contribution in [-0.2, 0) is 4.79 Å². The topological polar surface area (TPSA) is 135 Å². The summed E-state index contributed by atoms with van der Waals surface area (Å²) in [5.41, 5.74) is 7.73. The second kappa shape index (κ2) is 9.53. The number of anilines is 1. The maximum Gasteiger partial charge on any atom is 0.253 e. The lowest BCUT2D eigenvalue weighted by Gasteiger charge is -2.41. The number of methoxy groups -OCH3 is 1. The maximum atomic E-state index is 12.6. The monoisotopic (exact) mass is 480 g/mol. The lowest BCUT2D eigenvalue weighted by atomic mass is 9.88. The zero-order valence-electron chi connectivity index (χ0n) is 20.5. The lowest BCUT2D eigenvalue weighted by molar-refractivity contribution is -0.149. The van der Waals surface area contributed by atoms with Crippen LogP contribution in [0, 0.1) is 5.92 Å². The largest absolute Gasteiger partial charge is 0.481 e. The Labute approximate surface area is 204 Å². The number of hydrogen-bond donors (Lipinski definition) is 3. The summed E-state index contributed by atoms with van der Waals surface area (Å²) in [5.74, 6) is -0.219. The molecule has 1 saturated heterocycles. The molecule has 3 aromatic rings. The minimum absolute atomic E-state index is 0.00882. The molecule has 4 rings (SSSR count). The van der Waals surface area contributed by atoms with Crippen LogP contribution in [0.3, 0.4) is 0 Å². The van der Waals surface area contributed by atoms with Crippen LogP contribution in [0.1, 0.15) is 44.0 Å². The smallest absolute Gasteiger partial charge is 0.253 e. The van der Waals surface area contributed by atoms with Gasteiger partial charge in [0.2, 0.25) is 5.88 Å². The molecular weight excluding hydrogens is 448 g/mol. The molecule has 1 aliphatic rings. The molecule has 10 nitrogen and oxygen atoms in total. The second-order valence-corrected chi connectivity index (χ2v) is 9.46. The molecule has 186 valence electrons. The predicted octanol–water partition coefficient (Wildman–Crippen LogP) is 2.31. The Kier molecular flexibility index (Phi) is 6.66. The average molecular weight is 481 g/mol. The summed E-state index contributed by atoms with van der Waals surface area (Å²) in [7, 11) is 1.57. The molecule has 0 bridgehead atoms. The number of fused-ring (bicyclic) bond motifs is 1. The van der Waals surface area contributed by atoms with E-state index in [2.05, 4.69) is 22.3 Å². The quantitative estimate of drug-likeness (QED) is 0.472. The Morgan fingerprint density at radius 3 is 2.74 bits per heavy atom. The fourth-order valence-electron chi connectivity index (χ4n) is 4.65. The van der Waals surface area contributed by atoms with Crippen molar-refractivity contribution < 1.29 is 19.4 Å². The number of rotatable bonds is 7. The van der Waals surface area contributed by atoms with Gasteiger partial charge in [-0.1, -0.05) is 6.92 Å². The van der Waals surface area contributed by atoms with Crippen molar-refractivity contribution in [3.05, 3.63) is 42.4 Å². The molecule has 0 aromatic carbocycles. The molecule has 0 aliphatic carbocycles. The first kappa shape index (κ1) is 24.5. The summed E-state index contributed by atoms with van der Waals surface area (Å²) in [6.07, 6.45) is 6.52. The van der Waals surface area contributed by atoms with E-state index in [1.165, 1.54) is 20.0 Å². The number of nitrogens with one attached hydrogen (secondary N) is 1. The highest BCUT2D eigenvalue weighted by atomic mass is 16.5. The Bertz CT molecular complexity index is 1250. The van der Waals surface area contributed by atoms with Gasteiger partial charge in [0.15, 0.2) is 0 Å². The molecule has 2 amide bonds. The summed E-state index contributed by atoms with van der Waals surface area (Å²) in [4.78, 5) is 30.8. The van der Waals surface area contributed by atoms with E-state index < -0.39 is 11.5 Å². The standard InChI is InChI=1S/C25H32N6O4/c1-5-15-13-30(24(33)25(2,3)34)9-7-19(15)29-22-18(23(26)32)12-28-31-14-17(10-20(22)31)16-6-8-27-21(11-16)35-4/h6,8,10-12,14-15,19,29,34H,5,7,9,13H2,1-4H3,(H2,26,32)/t15-,19+/m0/s1. The van der Waals surface area contributed by atoms with Crippen molar-refractivity contribution >= 4 is 23.0 Å². The molecule has 35 heavy (non-hydrogen) atoms. The lowest BCUT2D eigenvalue weighted by Crippen LogP contribution is -2.53. The van der Waals surface area contributed by atoms with Crippen LogP contribution in [0.2, 0.25) is 0 Å². The van der Waals surface area contributed by atoms with E-state index in [0.717, 1.165) is 23.1 Å². The Balaban J connectivity index is 1.68. The van der Waals surface area contributed by atoms with Gasteiger partial charge in [0.1, 0.15) is 5.60 Å². The summed E-state index contributed by atoms with van der Waals surface area (Å²) in [6.45, 7) is 6.12. The summed E-state index contributed by atoms with van der Waals surface area (Å²) >= 11 is 0. The van der Waals surface area contributed by atoms with E-state index in [1.807, 2.05) is 24.4 Å². The first-order valence-electron chi connectivity index (χ1n) is 11.7. The van der Waals surface area contributed by atoms with Crippen molar-refractivity contribution in [1.29, 1.82) is 0 Å². The van der Waals surface area contributed by atoms with Crippen molar-refractivity contribution in [2.24, 2.45) is 11.7 Å². The second-order valence-electron chi connectivity index (χ2n) is 9.46. The maximum absolute atomic E-state index is 12.6. The fraction of sp³-hybridized carbons (Fsp3) is 0.440. The van der Waals surface area contributed by atoms with E-state index >= 15 is 0 Å². The van der Waals surface area contributed by atoms with E-state index in [9.17, 15) is 14.7 Å². The molecule has 10 heteroatoms. The number of piperidine rings is 1. The van der Waals surface area contributed by atoms with E-state index in [1.54, 1.807) is 22.7 Å². The molecule has 0 unspecified atom stereocenters. The minimum atomic E-state index is -1.41. The number of nitrogens with two attached hydrogens (primary N) is 1. The molecule has 0 saturated carbocycles. The SMILES string of the molecule is CC[C@H]1CN(C(=O)C(C)(C)O)CC[C@H]1Nc1c(C(N)=O)cnn2cc(-c3ccnc(OC)c3)cc12. The molecule has 1 aliphatic heterocycles. The van der Waals surface area contributed by atoms with Crippen LogP contribution in [0.5, 0.6) is 5.88 Å². The van der Waals surface area contributed by atoms with Gasteiger partial charge < -0.3 is 25.8 Å². The molecular formula is C25H32N6O4. The number of primary amides is 1. The van der Waals surface area contributed by atoms with E-state index in [-0.39, 0.29) is 17.9 Å². The molecule has 3 aromatic heterocycles. The Hall–Kier alpha value is -3.66. The fourth-order valence-corrected chi connectivity index (χ4v) is 4.65. The third-order valence-electron chi connectivity index (χ3n) is 6.58. The van der Waals surface area contributed by atoms with E-state index in [4.69, 9.17) is 10.5 Å². The molecule has 0 radical (unpaired) electrons. The van der Waals surface area contributed by atoms with Crippen molar-refractivity contribution in [3.8, 4) is 17.0 Å². The molecule has 0 spiro atoms. The predicted molar refractivity (Wildman–Crippen MR) is 132 cm³/mol. The van der Waals surface area contributed by atoms with Gasteiger partial charge in [0.05, 0.1) is 30.1 Å². The molecule has 2 atom stereocenters. The number of nitrogens with zero attached hydrogens (tertiary/aromatic N) is 4. The summed E-state index contributed by atoms with van der Waals surface area (Å²) in [6, 6.07) is 5.67. The van der Waals surface area contributed by atoms with Crippen LogP contribution in [0.25, 0.3) is 16.6 Å². The number of carbonyl (C=O) groups is 2. The number of likely N-dealkylation sites (tertiary alicyclic amines) is 1. The van der Waals surface area contributed by atoms with Gasteiger partial charge >= 0.3 is 0 Å². The van der Waals surface area contributed by atoms with E-state index in [0.29, 0.717) is 36.6 Å². The molecule has 4 heterocycles. The highest BCUT2D eigenvalue weighted by Crippen LogP contribution is 2.32. The van der Waals surface area contributed by atoms with Gasteiger partial charge in [0, 0.05) is 43.2 Å². The van der Waals surface area contributed by atoms with Gasteiger partial charge in [-0.05, 0) is 50.3 Å². The number of carbonyl (C=O) groups excluding carboxylic acids is 2. The zero-order chi connectivity index (χ0) is 25.3.